The molecule has 1 atom stereocenters. The molecular formula is C13H16BrNO3. The third-order valence-corrected chi connectivity index (χ3v) is 3.06. The molecule has 1 unspecified atom stereocenters. The van der Waals surface area contributed by atoms with Crippen molar-refractivity contribution in [1.82, 2.24) is 5.32 Å². The molecule has 98 valence electrons. The molecule has 0 saturated heterocycles. The smallest absolute Gasteiger partial charge is 0.316 e. The van der Waals surface area contributed by atoms with Gasteiger partial charge in [0, 0.05) is 11.0 Å². The van der Waals surface area contributed by atoms with E-state index >= 15 is 0 Å². The van der Waals surface area contributed by atoms with Crippen molar-refractivity contribution in [2.75, 3.05) is 0 Å². The van der Waals surface area contributed by atoms with Crippen LogP contribution < -0.4 is 5.32 Å². The number of hydrogen-bond acceptors (Lipinski definition) is 2. The maximum Gasteiger partial charge on any atom is 0.316 e. The van der Waals surface area contributed by atoms with Crippen molar-refractivity contribution in [2.24, 2.45) is 11.8 Å². The SMILES string of the molecule is CC(C)C(C(=O)O)C(=O)NCc1cccc(Br)c1. The van der Waals surface area contributed by atoms with E-state index in [1.807, 2.05) is 24.3 Å². The molecule has 2 N–H and O–H groups in total. The lowest BCUT2D eigenvalue weighted by Crippen LogP contribution is -2.38. The van der Waals surface area contributed by atoms with E-state index in [0.717, 1.165) is 10.0 Å². The Labute approximate surface area is 115 Å². The maximum absolute atomic E-state index is 11.8. The summed E-state index contributed by atoms with van der Waals surface area (Å²) >= 11 is 3.34. The number of hydrogen-bond donors (Lipinski definition) is 2. The minimum Gasteiger partial charge on any atom is -0.481 e. The molecule has 0 aliphatic heterocycles. The van der Waals surface area contributed by atoms with Crippen molar-refractivity contribution in [1.29, 1.82) is 0 Å². The molecule has 4 nitrogen and oxygen atoms in total. The zero-order valence-corrected chi connectivity index (χ0v) is 11.9. The predicted octanol–water partition coefficient (Wildman–Crippen LogP) is 2.42. The first kappa shape index (κ1) is 14.7. The van der Waals surface area contributed by atoms with E-state index in [1.165, 1.54) is 0 Å². The Kier molecular flexibility index (Phi) is 5.34. The second-order valence-corrected chi connectivity index (χ2v) is 5.32. The van der Waals surface area contributed by atoms with Gasteiger partial charge in [-0.25, -0.2) is 0 Å². The average Bonchev–Trinajstić information content (AvgIpc) is 2.25. The molecular weight excluding hydrogens is 298 g/mol. The van der Waals surface area contributed by atoms with Crippen LogP contribution >= 0.6 is 15.9 Å². The van der Waals surface area contributed by atoms with Crippen LogP contribution in [0.15, 0.2) is 28.7 Å². The summed E-state index contributed by atoms with van der Waals surface area (Å²) in [6.07, 6.45) is 0. The van der Waals surface area contributed by atoms with E-state index in [0.29, 0.717) is 6.54 Å². The summed E-state index contributed by atoms with van der Waals surface area (Å²) in [5, 5.41) is 11.6. The average molecular weight is 314 g/mol. The Hall–Kier alpha value is -1.36. The van der Waals surface area contributed by atoms with Gasteiger partial charge < -0.3 is 10.4 Å². The first-order valence-corrected chi connectivity index (χ1v) is 6.46. The molecule has 1 amide bonds. The number of nitrogens with one attached hydrogen (secondary N) is 1. The van der Waals surface area contributed by atoms with Crippen LogP contribution in [0.2, 0.25) is 0 Å². The predicted molar refractivity (Wildman–Crippen MR) is 72.0 cm³/mol. The van der Waals surface area contributed by atoms with Gasteiger partial charge >= 0.3 is 5.97 Å². The molecule has 5 heteroatoms. The summed E-state index contributed by atoms with van der Waals surface area (Å²) in [5.41, 5.74) is 0.922. The zero-order chi connectivity index (χ0) is 13.7. The molecule has 0 bridgehead atoms. The molecule has 0 spiro atoms. The molecule has 0 radical (unpaired) electrons. The van der Waals surface area contributed by atoms with Gasteiger partial charge in [0.25, 0.3) is 0 Å². The number of amides is 1. The lowest BCUT2D eigenvalue weighted by atomic mass is 9.95. The number of benzene rings is 1. The van der Waals surface area contributed by atoms with Crippen molar-refractivity contribution in [3.05, 3.63) is 34.3 Å². The fourth-order valence-corrected chi connectivity index (χ4v) is 2.09. The summed E-state index contributed by atoms with van der Waals surface area (Å²) in [5.74, 6) is -2.77. The van der Waals surface area contributed by atoms with Crippen LogP contribution in [0.4, 0.5) is 0 Å². The van der Waals surface area contributed by atoms with E-state index in [9.17, 15) is 9.59 Å². The summed E-state index contributed by atoms with van der Waals surface area (Å²) < 4.78 is 0.924. The first-order chi connectivity index (χ1) is 8.41. The molecule has 0 heterocycles. The van der Waals surface area contributed by atoms with Gasteiger partial charge in [0.2, 0.25) is 5.91 Å². The normalized spacial score (nSPS) is 12.2. The van der Waals surface area contributed by atoms with Gasteiger partial charge in [-0.05, 0) is 23.6 Å². The molecule has 0 aliphatic rings. The van der Waals surface area contributed by atoms with Gasteiger partial charge in [-0.3, -0.25) is 9.59 Å². The minimum atomic E-state index is -1.09. The van der Waals surface area contributed by atoms with Crippen molar-refractivity contribution in [3.8, 4) is 0 Å². The van der Waals surface area contributed by atoms with Crippen molar-refractivity contribution >= 4 is 27.8 Å². The molecule has 1 aromatic rings. The standard InChI is InChI=1S/C13H16BrNO3/c1-8(2)11(13(17)18)12(16)15-7-9-4-3-5-10(14)6-9/h3-6,8,11H,7H2,1-2H3,(H,15,16)(H,17,18). The monoisotopic (exact) mass is 313 g/mol. The number of rotatable bonds is 5. The van der Waals surface area contributed by atoms with E-state index in [-0.39, 0.29) is 5.92 Å². The highest BCUT2D eigenvalue weighted by atomic mass is 79.9. The van der Waals surface area contributed by atoms with Crippen LogP contribution in [0.25, 0.3) is 0 Å². The highest BCUT2D eigenvalue weighted by Gasteiger charge is 2.29. The van der Waals surface area contributed by atoms with E-state index < -0.39 is 17.8 Å². The molecule has 0 fully saturated rings. The van der Waals surface area contributed by atoms with Gasteiger partial charge in [-0.1, -0.05) is 41.9 Å². The molecule has 1 rings (SSSR count). The quantitative estimate of drug-likeness (QED) is 0.820. The maximum atomic E-state index is 11.8. The van der Waals surface area contributed by atoms with Crippen LogP contribution in [0.3, 0.4) is 0 Å². The second-order valence-electron chi connectivity index (χ2n) is 4.41. The zero-order valence-electron chi connectivity index (χ0n) is 10.3. The number of carbonyl (C=O) groups excluding carboxylic acids is 1. The lowest BCUT2D eigenvalue weighted by molar-refractivity contribution is -0.148. The largest absolute Gasteiger partial charge is 0.481 e. The van der Waals surface area contributed by atoms with Crippen LogP contribution in [0, 0.1) is 11.8 Å². The number of aliphatic carboxylic acids is 1. The Balaban J connectivity index is 2.62. The van der Waals surface area contributed by atoms with Gasteiger partial charge in [0.15, 0.2) is 0 Å². The van der Waals surface area contributed by atoms with E-state index in [2.05, 4.69) is 21.2 Å². The summed E-state index contributed by atoms with van der Waals surface area (Å²) in [4.78, 5) is 22.8. The Morgan fingerprint density at radius 3 is 2.56 bits per heavy atom. The third-order valence-electron chi connectivity index (χ3n) is 2.57. The van der Waals surface area contributed by atoms with Gasteiger partial charge in [0.05, 0.1) is 0 Å². The van der Waals surface area contributed by atoms with Crippen molar-refractivity contribution in [2.45, 2.75) is 20.4 Å². The van der Waals surface area contributed by atoms with Crippen molar-refractivity contribution < 1.29 is 14.7 Å². The minimum absolute atomic E-state index is 0.231. The van der Waals surface area contributed by atoms with E-state index in [4.69, 9.17) is 5.11 Å². The van der Waals surface area contributed by atoms with Crippen LogP contribution in [-0.2, 0) is 16.1 Å². The lowest BCUT2D eigenvalue weighted by Gasteiger charge is -2.15. The Morgan fingerprint density at radius 1 is 1.39 bits per heavy atom. The fraction of sp³-hybridized carbons (Fsp3) is 0.385. The molecule has 18 heavy (non-hydrogen) atoms. The van der Waals surface area contributed by atoms with Crippen LogP contribution in [-0.4, -0.2) is 17.0 Å². The highest BCUT2D eigenvalue weighted by molar-refractivity contribution is 9.10. The number of carbonyl (C=O) groups is 2. The van der Waals surface area contributed by atoms with E-state index in [1.54, 1.807) is 13.8 Å². The molecule has 0 aliphatic carbocycles. The molecule has 1 aromatic carbocycles. The Morgan fingerprint density at radius 2 is 2.06 bits per heavy atom. The van der Waals surface area contributed by atoms with Gasteiger partial charge in [-0.2, -0.15) is 0 Å². The van der Waals surface area contributed by atoms with Gasteiger partial charge in [0.1, 0.15) is 5.92 Å². The highest BCUT2D eigenvalue weighted by Crippen LogP contribution is 2.13. The summed E-state index contributed by atoms with van der Waals surface area (Å²) in [7, 11) is 0. The number of halogens is 1. The summed E-state index contributed by atoms with van der Waals surface area (Å²) in [6.45, 7) is 3.77. The second kappa shape index (κ2) is 6.54. The third kappa shape index (κ3) is 4.14. The van der Waals surface area contributed by atoms with Crippen molar-refractivity contribution in [3.63, 3.8) is 0 Å². The summed E-state index contributed by atoms with van der Waals surface area (Å²) in [6, 6.07) is 7.50. The van der Waals surface area contributed by atoms with Crippen LogP contribution in [0.5, 0.6) is 0 Å². The number of carboxylic acids is 1. The fourth-order valence-electron chi connectivity index (χ4n) is 1.65. The first-order valence-electron chi connectivity index (χ1n) is 5.66. The van der Waals surface area contributed by atoms with Gasteiger partial charge in [-0.15, -0.1) is 0 Å². The molecule has 0 saturated carbocycles. The molecule has 0 aromatic heterocycles. The Bertz CT molecular complexity index is 446. The topological polar surface area (TPSA) is 66.4 Å². The number of carboxylic acid groups (broad SMARTS) is 1. The van der Waals surface area contributed by atoms with Crippen LogP contribution in [0.1, 0.15) is 19.4 Å².